The summed E-state index contributed by atoms with van der Waals surface area (Å²) in [5.74, 6) is -0.896. The molecule has 0 fully saturated rings. The van der Waals surface area contributed by atoms with E-state index in [0.29, 0.717) is 5.02 Å². The van der Waals surface area contributed by atoms with Crippen LogP contribution < -0.4 is 9.46 Å². The Morgan fingerprint density at radius 2 is 1.68 bits per heavy atom. The van der Waals surface area contributed by atoms with Crippen LogP contribution in [0.1, 0.15) is 24.2 Å². The molecule has 0 bridgehead atoms. The maximum absolute atomic E-state index is 13.7. The number of ether oxygens (including phenoxy) is 1. The van der Waals surface area contributed by atoms with Gasteiger partial charge in [-0.15, -0.1) is 0 Å². The molecule has 0 aromatic heterocycles. The molecule has 0 unspecified atom stereocenters. The number of carbonyl (C=O) groups excluding carboxylic acids is 1. The normalized spacial score (nSPS) is 18.7. The van der Waals surface area contributed by atoms with Crippen molar-refractivity contribution in [1.29, 1.82) is 0 Å². The fourth-order valence-electron chi connectivity index (χ4n) is 4.48. The van der Waals surface area contributed by atoms with Gasteiger partial charge in [-0.3, -0.25) is 9.52 Å². The zero-order valence-corrected chi connectivity index (χ0v) is 25.2. The highest BCUT2D eigenvalue weighted by Gasteiger charge is 2.36. The summed E-state index contributed by atoms with van der Waals surface area (Å²) in [6, 6.07) is 17.5. The van der Waals surface area contributed by atoms with E-state index in [1.54, 1.807) is 25.1 Å². The third-order valence-corrected chi connectivity index (χ3v) is 10.4. The van der Waals surface area contributed by atoms with Gasteiger partial charge in [-0.05, 0) is 55.5 Å². The Labute approximate surface area is 245 Å². The quantitative estimate of drug-likeness (QED) is 0.372. The van der Waals surface area contributed by atoms with Crippen molar-refractivity contribution in [3.63, 3.8) is 0 Å². The third kappa shape index (κ3) is 6.68. The van der Waals surface area contributed by atoms with Crippen molar-refractivity contribution in [2.45, 2.75) is 35.8 Å². The van der Waals surface area contributed by atoms with E-state index in [4.69, 9.17) is 16.3 Å². The van der Waals surface area contributed by atoms with Crippen LogP contribution in [0.15, 0.2) is 82.6 Å². The number of amides is 1. The van der Waals surface area contributed by atoms with E-state index in [-0.39, 0.29) is 46.5 Å². The summed E-state index contributed by atoms with van der Waals surface area (Å²) in [6.45, 7) is 3.28. The molecule has 1 amide bonds. The number of aliphatic hydroxyl groups is 1. The lowest BCUT2D eigenvalue weighted by atomic mass is 9.99. The summed E-state index contributed by atoms with van der Waals surface area (Å²) < 4.78 is 63.1. The van der Waals surface area contributed by atoms with Gasteiger partial charge in [-0.1, -0.05) is 42.8 Å². The molecule has 3 atom stereocenters. The number of anilines is 1. The van der Waals surface area contributed by atoms with Crippen LogP contribution >= 0.6 is 11.6 Å². The minimum absolute atomic E-state index is 0.00933. The van der Waals surface area contributed by atoms with Gasteiger partial charge in [0.2, 0.25) is 10.0 Å². The Bertz CT molecular complexity index is 1600. The molecule has 0 saturated carbocycles. The van der Waals surface area contributed by atoms with Crippen molar-refractivity contribution < 1.29 is 31.5 Å². The topological polar surface area (TPSA) is 133 Å². The largest absolute Gasteiger partial charge is 0.486 e. The SMILES string of the molecule is C[C@H]1CN([C@@H](C)CO)C(=O)c2cccc(NS(=O)(=O)c3ccc(Cl)cc3)c2O[C@@H]1CN(C)S(=O)(=O)c1ccccc1. The predicted molar refractivity (Wildman–Crippen MR) is 156 cm³/mol. The van der Waals surface area contributed by atoms with Crippen LogP contribution in [0, 0.1) is 5.92 Å². The van der Waals surface area contributed by atoms with Crippen LogP contribution in [0.3, 0.4) is 0 Å². The second-order valence-corrected chi connectivity index (χ2v) is 14.1. The smallest absolute Gasteiger partial charge is 0.262 e. The van der Waals surface area contributed by atoms with E-state index in [1.165, 1.54) is 70.9 Å². The van der Waals surface area contributed by atoms with Crippen LogP contribution in [-0.2, 0) is 20.0 Å². The van der Waals surface area contributed by atoms with Crippen molar-refractivity contribution >= 4 is 43.2 Å². The number of hydrogen-bond acceptors (Lipinski definition) is 7. The number of sulfonamides is 2. The van der Waals surface area contributed by atoms with Crippen molar-refractivity contribution in [2.24, 2.45) is 5.92 Å². The highest BCUT2D eigenvalue weighted by molar-refractivity contribution is 7.92. The Hall–Kier alpha value is -3.16. The number of benzene rings is 3. The standard InChI is InChI=1S/C28H32ClN3O7S2/c1-19-16-32(20(2)18-33)28(34)24-10-7-11-25(30-40(35,36)22-14-12-21(29)13-15-22)27(24)39-26(19)17-31(3)41(37,38)23-8-5-4-6-9-23/h4-15,19-20,26,30,33H,16-18H2,1-3H3/t19-,20-,26+/m0/s1. The number of hydrogen-bond donors (Lipinski definition) is 2. The number of para-hydroxylation sites is 1. The lowest BCUT2D eigenvalue weighted by molar-refractivity contribution is 0.0389. The zero-order valence-electron chi connectivity index (χ0n) is 22.8. The number of aliphatic hydroxyl groups excluding tert-OH is 1. The molecule has 1 aliphatic heterocycles. The van der Waals surface area contributed by atoms with Gasteiger partial charge in [-0.2, -0.15) is 4.31 Å². The van der Waals surface area contributed by atoms with Crippen LogP contribution in [0.2, 0.25) is 5.02 Å². The summed E-state index contributed by atoms with van der Waals surface area (Å²) in [7, 11) is -6.55. The highest BCUT2D eigenvalue weighted by atomic mass is 35.5. The van der Waals surface area contributed by atoms with Gasteiger partial charge >= 0.3 is 0 Å². The molecule has 0 radical (unpaired) electrons. The zero-order chi connectivity index (χ0) is 29.9. The van der Waals surface area contributed by atoms with Gasteiger partial charge < -0.3 is 14.7 Å². The number of fused-ring (bicyclic) bond motifs is 1. The first kappa shape index (κ1) is 30.8. The van der Waals surface area contributed by atoms with Gasteiger partial charge in [-0.25, -0.2) is 16.8 Å². The van der Waals surface area contributed by atoms with Gasteiger partial charge in [0, 0.05) is 24.5 Å². The minimum Gasteiger partial charge on any atom is -0.486 e. The summed E-state index contributed by atoms with van der Waals surface area (Å²) in [6.07, 6.45) is -0.792. The molecule has 0 spiro atoms. The molecule has 41 heavy (non-hydrogen) atoms. The molecule has 4 rings (SSSR count). The van der Waals surface area contributed by atoms with Gasteiger partial charge in [0.25, 0.3) is 15.9 Å². The molecular formula is C28H32ClN3O7S2. The molecule has 0 saturated heterocycles. The first-order valence-electron chi connectivity index (χ1n) is 12.9. The molecule has 3 aromatic rings. The Balaban J connectivity index is 1.76. The number of rotatable bonds is 9. The van der Waals surface area contributed by atoms with Gasteiger partial charge in [0.05, 0.1) is 40.2 Å². The summed E-state index contributed by atoms with van der Waals surface area (Å²) in [4.78, 5) is 15.2. The van der Waals surface area contributed by atoms with E-state index in [9.17, 15) is 26.7 Å². The molecule has 3 aromatic carbocycles. The van der Waals surface area contributed by atoms with Crippen molar-refractivity contribution in [3.05, 3.63) is 83.4 Å². The fourth-order valence-corrected chi connectivity index (χ4v) is 6.88. The fraction of sp³-hybridized carbons (Fsp3) is 0.321. The lowest BCUT2D eigenvalue weighted by Gasteiger charge is -2.38. The molecule has 0 aliphatic carbocycles. The Kier molecular flexibility index (Phi) is 9.29. The first-order chi connectivity index (χ1) is 19.3. The Morgan fingerprint density at radius 3 is 2.32 bits per heavy atom. The van der Waals surface area contributed by atoms with E-state index in [2.05, 4.69) is 4.72 Å². The molecule has 2 N–H and O–H groups in total. The van der Waals surface area contributed by atoms with Gasteiger partial charge in [0.15, 0.2) is 5.75 Å². The molecular weight excluding hydrogens is 590 g/mol. The van der Waals surface area contributed by atoms with Crippen molar-refractivity contribution in [2.75, 3.05) is 31.5 Å². The Morgan fingerprint density at radius 1 is 1.02 bits per heavy atom. The number of carbonyl (C=O) groups is 1. The second-order valence-electron chi connectivity index (χ2n) is 9.96. The minimum atomic E-state index is -4.11. The van der Waals surface area contributed by atoms with Crippen molar-refractivity contribution in [1.82, 2.24) is 9.21 Å². The van der Waals surface area contributed by atoms with E-state index in [1.807, 2.05) is 6.92 Å². The molecule has 13 heteroatoms. The monoisotopic (exact) mass is 621 g/mol. The summed E-state index contributed by atoms with van der Waals surface area (Å²) >= 11 is 5.92. The number of nitrogens with zero attached hydrogens (tertiary/aromatic N) is 2. The average Bonchev–Trinajstić information content (AvgIpc) is 2.95. The van der Waals surface area contributed by atoms with Gasteiger partial charge in [0.1, 0.15) is 6.10 Å². The van der Waals surface area contributed by atoms with Crippen LogP contribution in [0.4, 0.5) is 5.69 Å². The maximum Gasteiger partial charge on any atom is 0.262 e. The number of halogens is 1. The van der Waals surface area contributed by atoms with E-state index in [0.717, 1.165) is 0 Å². The highest BCUT2D eigenvalue weighted by Crippen LogP contribution is 2.36. The predicted octanol–water partition coefficient (Wildman–Crippen LogP) is 3.68. The van der Waals surface area contributed by atoms with E-state index >= 15 is 0 Å². The van der Waals surface area contributed by atoms with Crippen LogP contribution in [0.25, 0.3) is 0 Å². The molecule has 1 aliphatic rings. The third-order valence-electron chi connectivity index (χ3n) is 6.95. The van der Waals surface area contributed by atoms with E-state index < -0.39 is 44.0 Å². The van der Waals surface area contributed by atoms with Crippen molar-refractivity contribution in [3.8, 4) is 5.75 Å². The molecule has 1 heterocycles. The summed E-state index contributed by atoms with van der Waals surface area (Å²) in [5.41, 5.74) is 0.0853. The lowest BCUT2D eigenvalue weighted by Crippen LogP contribution is -2.50. The van der Waals surface area contributed by atoms with Crippen LogP contribution in [-0.4, -0.2) is 75.9 Å². The second kappa shape index (κ2) is 12.4. The molecule has 220 valence electrons. The average molecular weight is 622 g/mol. The molecule has 10 nitrogen and oxygen atoms in total. The first-order valence-corrected chi connectivity index (χ1v) is 16.2. The summed E-state index contributed by atoms with van der Waals surface area (Å²) in [5, 5.41) is 10.3. The number of likely N-dealkylation sites (N-methyl/N-ethyl adjacent to an activating group) is 1. The number of nitrogens with one attached hydrogen (secondary N) is 1. The van der Waals surface area contributed by atoms with Crippen LogP contribution in [0.5, 0.6) is 5.75 Å². The maximum atomic E-state index is 13.7.